The second-order valence-corrected chi connectivity index (χ2v) is 10.8. The normalized spacial score (nSPS) is 13.9. The maximum absolute atomic E-state index is 13.0. The van der Waals surface area contributed by atoms with Gasteiger partial charge in [-0.25, -0.2) is 9.97 Å². The average molecular weight is 535 g/mol. The average Bonchev–Trinajstić information content (AvgIpc) is 2.98. The molecule has 0 atom stereocenters. The first kappa shape index (κ1) is 27.1. The molecule has 0 bridgehead atoms. The largest absolute Gasteiger partial charge is 0.493 e. The van der Waals surface area contributed by atoms with Crippen LogP contribution in [0.25, 0.3) is 10.9 Å². The van der Waals surface area contributed by atoms with E-state index >= 15 is 0 Å². The summed E-state index contributed by atoms with van der Waals surface area (Å²) in [5, 5.41) is 20.1. The Labute approximate surface area is 234 Å². The van der Waals surface area contributed by atoms with E-state index in [2.05, 4.69) is 32.0 Å². The van der Waals surface area contributed by atoms with Gasteiger partial charge in [0.1, 0.15) is 17.9 Å². The summed E-state index contributed by atoms with van der Waals surface area (Å²) in [5.41, 5.74) is 3.88. The van der Waals surface area contributed by atoms with E-state index in [0.29, 0.717) is 29.6 Å². The van der Waals surface area contributed by atoms with Crippen molar-refractivity contribution in [2.24, 2.45) is 5.92 Å². The van der Waals surface area contributed by atoms with Crippen molar-refractivity contribution in [3.05, 3.63) is 83.7 Å². The van der Waals surface area contributed by atoms with Gasteiger partial charge < -0.3 is 20.7 Å². The molecular formula is C32H34N6O2. The summed E-state index contributed by atoms with van der Waals surface area (Å²) in [6, 6.07) is 21.1. The van der Waals surface area contributed by atoms with E-state index in [9.17, 15) is 10.1 Å². The minimum atomic E-state index is -0.683. The lowest BCUT2D eigenvalue weighted by Gasteiger charge is -2.22. The van der Waals surface area contributed by atoms with Crippen molar-refractivity contribution in [3.63, 3.8) is 0 Å². The number of nitrogens with one attached hydrogen (secondary N) is 3. The number of carbonyl (C=O) groups excluding carboxylic acids is 1. The molecule has 0 unspecified atom stereocenters. The summed E-state index contributed by atoms with van der Waals surface area (Å²) in [7, 11) is 0. The van der Waals surface area contributed by atoms with Crippen LogP contribution in [0.15, 0.2) is 67.0 Å². The Bertz CT molecular complexity index is 1570. The van der Waals surface area contributed by atoms with Crippen LogP contribution in [0, 0.1) is 24.2 Å². The van der Waals surface area contributed by atoms with Crippen LogP contribution in [0.4, 0.5) is 17.2 Å². The highest BCUT2D eigenvalue weighted by Crippen LogP contribution is 2.30. The van der Waals surface area contributed by atoms with E-state index in [-0.39, 0.29) is 5.91 Å². The van der Waals surface area contributed by atoms with Gasteiger partial charge >= 0.3 is 0 Å². The number of hydrogen-bond donors (Lipinski definition) is 3. The summed E-state index contributed by atoms with van der Waals surface area (Å²) >= 11 is 0. The fourth-order valence-electron chi connectivity index (χ4n) is 4.77. The van der Waals surface area contributed by atoms with Gasteiger partial charge in [0.15, 0.2) is 0 Å². The smallest absolute Gasteiger partial charge is 0.255 e. The number of hydrogen-bond acceptors (Lipinski definition) is 7. The third kappa shape index (κ3) is 6.22. The Kier molecular flexibility index (Phi) is 7.94. The molecule has 1 aliphatic rings. The lowest BCUT2D eigenvalue weighted by Crippen LogP contribution is -2.30. The minimum Gasteiger partial charge on any atom is -0.493 e. The van der Waals surface area contributed by atoms with E-state index in [4.69, 9.17) is 4.74 Å². The van der Waals surface area contributed by atoms with Gasteiger partial charge in [-0.05, 0) is 100 Å². The Morgan fingerprint density at radius 3 is 2.73 bits per heavy atom. The fourth-order valence-corrected chi connectivity index (χ4v) is 4.77. The maximum Gasteiger partial charge on any atom is 0.255 e. The van der Waals surface area contributed by atoms with Crippen molar-refractivity contribution in [2.75, 3.05) is 30.3 Å². The Balaban J connectivity index is 1.31. The van der Waals surface area contributed by atoms with E-state index in [0.717, 1.165) is 59.4 Å². The number of piperidine rings is 1. The van der Waals surface area contributed by atoms with Crippen LogP contribution in [0.3, 0.4) is 0 Å². The molecule has 5 rings (SSSR count). The van der Waals surface area contributed by atoms with Crippen molar-refractivity contribution in [1.29, 1.82) is 5.26 Å². The first-order chi connectivity index (χ1) is 19.3. The van der Waals surface area contributed by atoms with Gasteiger partial charge in [0, 0.05) is 28.4 Å². The molecule has 4 aromatic rings. The van der Waals surface area contributed by atoms with Crippen molar-refractivity contribution >= 4 is 34.0 Å². The third-order valence-electron chi connectivity index (χ3n) is 7.43. The zero-order chi connectivity index (χ0) is 28.1. The molecule has 8 nitrogen and oxygen atoms in total. The standard InChI is InChI=1S/C32H34N6O2/c1-21-7-8-25(37-31(39)23-5-4-6-24(15-23)32(2,3)19-33)16-28(21)38-30-27-10-9-26(17-29(27)35-20-36-30)40-18-22-11-13-34-14-12-22/h4-10,15-17,20,22,34H,11-14,18H2,1-3H3,(H,37,39)(H,35,36,38). The summed E-state index contributed by atoms with van der Waals surface area (Å²) < 4.78 is 6.09. The van der Waals surface area contributed by atoms with Crippen LogP contribution in [0.1, 0.15) is 48.2 Å². The zero-order valence-corrected chi connectivity index (χ0v) is 23.1. The highest BCUT2D eigenvalue weighted by atomic mass is 16.5. The van der Waals surface area contributed by atoms with Crippen LogP contribution in [0.5, 0.6) is 5.75 Å². The van der Waals surface area contributed by atoms with Crippen molar-refractivity contribution < 1.29 is 9.53 Å². The number of nitrogens with zero attached hydrogens (tertiary/aromatic N) is 3. The summed E-state index contributed by atoms with van der Waals surface area (Å²) in [6.07, 6.45) is 3.81. The number of nitriles is 1. The van der Waals surface area contributed by atoms with Crippen LogP contribution < -0.4 is 20.7 Å². The molecule has 0 spiro atoms. The minimum absolute atomic E-state index is 0.241. The summed E-state index contributed by atoms with van der Waals surface area (Å²) in [5.74, 6) is 1.81. The molecule has 0 aliphatic carbocycles. The van der Waals surface area contributed by atoms with Gasteiger partial charge in [0.05, 0.1) is 23.6 Å². The molecule has 2 heterocycles. The van der Waals surface area contributed by atoms with Crippen LogP contribution in [-0.2, 0) is 5.41 Å². The molecule has 1 aliphatic heterocycles. The molecule has 0 saturated carbocycles. The maximum atomic E-state index is 13.0. The Hall–Kier alpha value is -4.48. The van der Waals surface area contributed by atoms with Gasteiger partial charge in [0.25, 0.3) is 5.91 Å². The predicted octanol–water partition coefficient (Wildman–Crippen LogP) is 6.11. The lowest BCUT2D eigenvalue weighted by atomic mass is 9.85. The first-order valence-electron chi connectivity index (χ1n) is 13.6. The number of fused-ring (bicyclic) bond motifs is 1. The van der Waals surface area contributed by atoms with E-state index in [1.807, 2.05) is 63.2 Å². The van der Waals surface area contributed by atoms with Crippen LogP contribution in [-0.4, -0.2) is 35.6 Å². The zero-order valence-electron chi connectivity index (χ0n) is 23.1. The van der Waals surface area contributed by atoms with Gasteiger partial charge in [0.2, 0.25) is 0 Å². The number of anilines is 3. The van der Waals surface area contributed by atoms with Crippen LogP contribution in [0.2, 0.25) is 0 Å². The molecule has 3 aromatic carbocycles. The number of benzene rings is 3. The van der Waals surface area contributed by atoms with Crippen LogP contribution >= 0.6 is 0 Å². The van der Waals surface area contributed by atoms with E-state index in [1.54, 1.807) is 18.2 Å². The highest BCUT2D eigenvalue weighted by molar-refractivity contribution is 6.04. The van der Waals surface area contributed by atoms with E-state index < -0.39 is 5.41 Å². The van der Waals surface area contributed by atoms with Crippen molar-refractivity contribution in [3.8, 4) is 11.8 Å². The summed E-state index contributed by atoms with van der Waals surface area (Å²) in [4.78, 5) is 22.0. The van der Waals surface area contributed by atoms with Gasteiger partial charge in [-0.1, -0.05) is 18.2 Å². The third-order valence-corrected chi connectivity index (χ3v) is 7.43. The SMILES string of the molecule is Cc1ccc(NC(=O)c2cccc(C(C)(C)C#N)c2)cc1Nc1ncnc2cc(OCC3CCNCC3)ccc12. The second-order valence-electron chi connectivity index (χ2n) is 10.8. The molecule has 204 valence electrons. The quantitative estimate of drug-likeness (QED) is 0.250. The summed E-state index contributed by atoms with van der Waals surface area (Å²) in [6.45, 7) is 8.47. The molecule has 1 amide bonds. The molecule has 40 heavy (non-hydrogen) atoms. The van der Waals surface area contributed by atoms with Crippen molar-refractivity contribution in [1.82, 2.24) is 15.3 Å². The number of aryl methyl sites for hydroxylation is 1. The highest BCUT2D eigenvalue weighted by Gasteiger charge is 2.21. The molecule has 1 fully saturated rings. The van der Waals surface area contributed by atoms with Gasteiger partial charge in [-0.15, -0.1) is 0 Å². The number of amides is 1. The van der Waals surface area contributed by atoms with Crippen molar-refractivity contribution in [2.45, 2.75) is 39.0 Å². The molecule has 0 radical (unpaired) electrons. The Morgan fingerprint density at radius 2 is 1.93 bits per heavy atom. The molecule has 8 heteroatoms. The second kappa shape index (κ2) is 11.7. The molecule has 3 N–H and O–H groups in total. The first-order valence-corrected chi connectivity index (χ1v) is 13.6. The molecule has 1 saturated heterocycles. The predicted molar refractivity (Wildman–Crippen MR) is 158 cm³/mol. The topological polar surface area (TPSA) is 112 Å². The number of carbonyl (C=O) groups is 1. The number of ether oxygens (including phenoxy) is 1. The van der Waals surface area contributed by atoms with E-state index in [1.165, 1.54) is 6.33 Å². The number of aromatic nitrogens is 2. The monoisotopic (exact) mass is 534 g/mol. The van der Waals surface area contributed by atoms with Gasteiger partial charge in [-0.3, -0.25) is 4.79 Å². The fraction of sp³-hybridized carbons (Fsp3) is 0.312. The molecule has 1 aromatic heterocycles. The number of rotatable bonds is 8. The molecular weight excluding hydrogens is 500 g/mol. The lowest BCUT2D eigenvalue weighted by molar-refractivity contribution is 0.102. The Morgan fingerprint density at radius 1 is 1.10 bits per heavy atom. The van der Waals surface area contributed by atoms with Gasteiger partial charge in [-0.2, -0.15) is 5.26 Å².